The molecule has 1 aliphatic rings. The van der Waals surface area contributed by atoms with Gasteiger partial charge in [0.1, 0.15) is 5.82 Å². The number of nitrogens with one attached hydrogen (secondary N) is 3. The van der Waals surface area contributed by atoms with E-state index in [0.29, 0.717) is 40.7 Å². The van der Waals surface area contributed by atoms with Crippen molar-refractivity contribution < 1.29 is 19.0 Å². The van der Waals surface area contributed by atoms with E-state index in [0.717, 1.165) is 24.2 Å². The topological polar surface area (TPSA) is 132 Å². The molecule has 11 nitrogen and oxygen atoms in total. The summed E-state index contributed by atoms with van der Waals surface area (Å²) in [6, 6.07) is 4.49. The average molecular weight is 483 g/mol. The lowest BCUT2D eigenvalue weighted by atomic mass is 9.92. The van der Waals surface area contributed by atoms with E-state index < -0.39 is 6.03 Å². The van der Waals surface area contributed by atoms with Crippen LogP contribution in [-0.4, -0.2) is 47.1 Å². The van der Waals surface area contributed by atoms with E-state index in [9.17, 15) is 9.59 Å². The number of anilines is 2. The van der Waals surface area contributed by atoms with Gasteiger partial charge in [-0.05, 0) is 19.3 Å². The highest BCUT2D eigenvalue weighted by atomic mass is 16.5. The first-order chi connectivity index (χ1) is 16.6. The molecule has 1 aromatic carbocycles. The zero-order valence-corrected chi connectivity index (χ0v) is 20.7. The number of ether oxygens (including phenoxy) is 3. The van der Waals surface area contributed by atoms with Gasteiger partial charge >= 0.3 is 6.03 Å². The Morgan fingerprint density at radius 1 is 1.03 bits per heavy atom. The second kappa shape index (κ2) is 9.32. The zero-order chi connectivity index (χ0) is 25.3. The molecule has 0 radical (unpaired) electrons. The lowest BCUT2D eigenvalue weighted by Crippen LogP contribution is -2.23. The number of hydrogen-bond donors (Lipinski definition) is 3. The summed E-state index contributed by atoms with van der Waals surface area (Å²) in [4.78, 5) is 33.0. The van der Waals surface area contributed by atoms with Crippen molar-refractivity contribution in [2.75, 3.05) is 32.0 Å². The predicted molar refractivity (Wildman–Crippen MR) is 131 cm³/mol. The van der Waals surface area contributed by atoms with Gasteiger partial charge in [0.05, 0.1) is 38.4 Å². The van der Waals surface area contributed by atoms with Crippen LogP contribution in [0.4, 0.5) is 16.3 Å². The Labute approximate surface area is 202 Å². The number of urea groups is 1. The number of benzene rings is 1. The molecule has 0 bridgehead atoms. The van der Waals surface area contributed by atoms with Crippen molar-refractivity contribution in [3.63, 3.8) is 0 Å². The predicted octanol–water partition coefficient (Wildman–Crippen LogP) is 3.41. The number of rotatable bonds is 6. The summed E-state index contributed by atoms with van der Waals surface area (Å²) >= 11 is 0. The Bertz CT molecular complexity index is 1300. The van der Waals surface area contributed by atoms with Crippen LogP contribution in [0.2, 0.25) is 0 Å². The van der Waals surface area contributed by atoms with Crippen LogP contribution in [0.1, 0.15) is 44.1 Å². The minimum absolute atomic E-state index is 0.178. The standard InChI is InChI=1S/C24H30N6O5/c1-24(2,3)18-12-19(30(29-18)22-26-15-9-7-8-14(15)21(31)28-22)27-23(32)25-13-10-16(33-4)20(35-6)17(11-13)34-5/h10-12H,7-9H2,1-6H3,(H2,25,27,32)(H,26,28,31). The molecule has 0 saturated carbocycles. The van der Waals surface area contributed by atoms with Crippen molar-refractivity contribution in [1.82, 2.24) is 19.7 Å². The highest BCUT2D eigenvalue weighted by molar-refractivity contribution is 5.99. The molecule has 0 unspecified atom stereocenters. The first-order valence-corrected chi connectivity index (χ1v) is 11.3. The number of hydrogen-bond acceptors (Lipinski definition) is 7. The van der Waals surface area contributed by atoms with Crippen molar-refractivity contribution in [1.29, 1.82) is 0 Å². The Morgan fingerprint density at radius 2 is 1.71 bits per heavy atom. The second-order valence-electron chi connectivity index (χ2n) is 9.24. The van der Waals surface area contributed by atoms with Crippen LogP contribution in [0.5, 0.6) is 17.2 Å². The largest absolute Gasteiger partial charge is 0.493 e. The molecule has 3 N–H and O–H groups in total. The molecular formula is C24H30N6O5. The van der Waals surface area contributed by atoms with E-state index >= 15 is 0 Å². The van der Waals surface area contributed by atoms with E-state index in [2.05, 4.69) is 25.7 Å². The highest BCUT2D eigenvalue weighted by Crippen LogP contribution is 2.40. The minimum Gasteiger partial charge on any atom is -0.493 e. The molecule has 2 aromatic heterocycles. The fourth-order valence-corrected chi connectivity index (χ4v) is 3.96. The lowest BCUT2D eigenvalue weighted by Gasteiger charge is -2.15. The van der Waals surface area contributed by atoms with Crippen molar-refractivity contribution >= 4 is 17.5 Å². The lowest BCUT2D eigenvalue weighted by molar-refractivity contribution is 0.262. The molecule has 1 aliphatic carbocycles. The normalized spacial score (nSPS) is 12.7. The number of aromatic nitrogens is 4. The third-order valence-electron chi connectivity index (χ3n) is 5.77. The summed E-state index contributed by atoms with van der Waals surface area (Å²) in [5.74, 6) is 1.85. The summed E-state index contributed by atoms with van der Waals surface area (Å²) < 4.78 is 17.5. The molecule has 2 amide bonds. The summed E-state index contributed by atoms with van der Waals surface area (Å²) in [6.07, 6.45) is 2.35. The van der Waals surface area contributed by atoms with Crippen molar-refractivity contribution in [2.24, 2.45) is 0 Å². The van der Waals surface area contributed by atoms with Crippen molar-refractivity contribution in [3.8, 4) is 23.2 Å². The van der Waals surface area contributed by atoms with E-state index in [1.807, 2.05) is 20.8 Å². The highest BCUT2D eigenvalue weighted by Gasteiger charge is 2.24. The van der Waals surface area contributed by atoms with Crippen LogP contribution in [0.15, 0.2) is 23.0 Å². The molecule has 0 aliphatic heterocycles. The van der Waals surface area contributed by atoms with E-state index in [1.54, 1.807) is 18.2 Å². The molecule has 3 aromatic rings. The Balaban J connectivity index is 1.67. The van der Waals surface area contributed by atoms with Gasteiger partial charge in [-0.15, -0.1) is 0 Å². The molecule has 186 valence electrons. The molecule has 11 heteroatoms. The fraction of sp³-hybridized carbons (Fsp3) is 0.417. The van der Waals surface area contributed by atoms with E-state index in [4.69, 9.17) is 14.2 Å². The molecule has 2 heterocycles. The fourth-order valence-electron chi connectivity index (χ4n) is 3.96. The number of aryl methyl sites for hydroxylation is 1. The molecule has 4 rings (SSSR count). The van der Waals surface area contributed by atoms with Gasteiger partial charge in [-0.2, -0.15) is 9.78 Å². The van der Waals surface area contributed by atoms with Gasteiger partial charge in [0, 0.05) is 29.2 Å². The first kappa shape index (κ1) is 24.1. The van der Waals surface area contributed by atoms with Gasteiger partial charge < -0.3 is 19.5 Å². The SMILES string of the molecule is COc1cc(NC(=O)Nc2cc(C(C)(C)C)nn2-c2nc3c(c(=O)[nH]2)CCC3)cc(OC)c1OC. The minimum atomic E-state index is -0.524. The smallest absolute Gasteiger partial charge is 0.324 e. The Kier molecular flexibility index (Phi) is 6.42. The Hall–Kier alpha value is -4.02. The number of fused-ring (bicyclic) bond motifs is 1. The van der Waals surface area contributed by atoms with Crippen LogP contribution in [0, 0.1) is 0 Å². The van der Waals surface area contributed by atoms with Gasteiger partial charge in [0.2, 0.25) is 11.7 Å². The number of amides is 2. The van der Waals surface area contributed by atoms with Crippen LogP contribution < -0.4 is 30.4 Å². The number of nitrogens with zero attached hydrogens (tertiary/aromatic N) is 3. The maximum atomic E-state index is 13.0. The first-order valence-electron chi connectivity index (χ1n) is 11.3. The number of carbonyl (C=O) groups excluding carboxylic acids is 1. The molecule has 0 spiro atoms. The van der Waals surface area contributed by atoms with Crippen LogP contribution in [-0.2, 0) is 18.3 Å². The maximum Gasteiger partial charge on any atom is 0.324 e. The summed E-state index contributed by atoms with van der Waals surface area (Å²) in [6.45, 7) is 6.04. The van der Waals surface area contributed by atoms with Crippen molar-refractivity contribution in [2.45, 2.75) is 45.4 Å². The van der Waals surface area contributed by atoms with Gasteiger partial charge in [0.25, 0.3) is 5.56 Å². The Morgan fingerprint density at radius 3 is 2.31 bits per heavy atom. The zero-order valence-electron chi connectivity index (χ0n) is 20.7. The number of carbonyl (C=O) groups is 1. The number of H-pyrrole nitrogens is 1. The molecule has 35 heavy (non-hydrogen) atoms. The average Bonchev–Trinajstić information content (AvgIpc) is 3.45. The van der Waals surface area contributed by atoms with Crippen molar-refractivity contribution in [3.05, 3.63) is 45.5 Å². The van der Waals surface area contributed by atoms with E-state index in [1.165, 1.54) is 26.0 Å². The molecular weight excluding hydrogens is 452 g/mol. The summed E-state index contributed by atoms with van der Waals surface area (Å²) in [5, 5.41) is 10.2. The van der Waals surface area contributed by atoms with E-state index in [-0.39, 0.29) is 16.9 Å². The quantitative estimate of drug-likeness (QED) is 0.490. The van der Waals surface area contributed by atoms with Crippen LogP contribution in [0.3, 0.4) is 0 Å². The van der Waals surface area contributed by atoms with Gasteiger partial charge in [-0.3, -0.25) is 15.1 Å². The molecule has 0 atom stereocenters. The number of methoxy groups -OCH3 is 3. The summed E-state index contributed by atoms with van der Waals surface area (Å²) in [5.41, 5.74) is 2.16. The third kappa shape index (κ3) is 4.79. The van der Waals surface area contributed by atoms with Gasteiger partial charge in [-0.1, -0.05) is 20.8 Å². The van der Waals surface area contributed by atoms with Gasteiger partial charge in [0.15, 0.2) is 11.5 Å². The molecule has 0 saturated heterocycles. The molecule has 0 fully saturated rings. The van der Waals surface area contributed by atoms with Gasteiger partial charge in [-0.25, -0.2) is 9.78 Å². The van der Waals surface area contributed by atoms with Crippen LogP contribution in [0.25, 0.3) is 5.95 Å². The summed E-state index contributed by atoms with van der Waals surface area (Å²) in [7, 11) is 4.50. The number of aromatic amines is 1. The maximum absolute atomic E-state index is 13.0. The van der Waals surface area contributed by atoms with Crippen LogP contribution >= 0.6 is 0 Å². The monoisotopic (exact) mass is 482 g/mol. The third-order valence-corrected chi connectivity index (χ3v) is 5.77. The second-order valence-corrected chi connectivity index (χ2v) is 9.24.